The third-order valence-corrected chi connectivity index (χ3v) is 3.47. The Morgan fingerprint density at radius 1 is 1.29 bits per heavy atom. The van der Waals surface area contributed by atoms with Crippen molar-refractivity contribution in [3.05, 3.63) is 15.9 Å². The molecule has 0 saturated heterocycles. The minimum atomic E-state index is 0.292. The fourth-order valence-corrected chi connectivity index (χ4v) is 1.73. The van der Waals surface area contributed by atoms with Gasteiger partial charge < -0.3 is 5.11 Å². The van der Waals surface area contributed by atoms with Gasteiger partial charge in [0, 0.05) is 18.8 Å². The molecule has 0 aliphatic rings. The average Bonchev–Trinajstić information content (AvgIpc) is 2.41. The summed E-state index contributed by atoms with van der Waals surface area (Å²) in [4.78, 5) is 0. The molecule has 0 amide bonds. The van der Waals surface area contributed by atoms with Crippen LogP contribution in [0.4, 0.5) is 0 Å². The molecule has 0 radical (unpaired) electrons. The summed E-state index contributed by atoms with van der Waals surface area (Å²) in [7, 11) is 0. The van der Waals surface area contributed by atoms with Crippen LogP contribution in [-0.2, 0) is 6.54 Å². The molecule has 4 heteroatoms. The van der Waals surface area contributed by atoms with Gasteiger partial charge in [0.15, 0.2) is 0 Å². The number of unbranched alkanes of at least 4 members (excludes halogenated alkanes) is 2. The summed E-state index contributed by atoms with van der Waals surface area (Å²) in [6.07, 6.45) is 3.03. The number of halogens is 1. The van der Waals surface area contributed by atoms with Gasteiger partial charge in [0.25, 0.3) is 0 Å². The number of aryl methyl sites for hydroxylation is 2. The molecule has 1 rings (SSSR count). The van der Waals surface area contributed by atoms with Gasteiger partial charge in [-0.1, -0.05) is 0 Å². The lowest BCUT2D eigenvalue weighted by molar-refractivity contribution is 0.281. The van der Waals surface area contributed by atoms with Crippen molar-refractivity contribution in [2.45, 2.75) is 39.7 Å². The molecule has 0 bridgehead atoms. The van der Waals surface area contributed by atoms with Crippen LogP contribution < -0.4 is 0 Å². The molecule has 14 heavy (non-hydrogen) atoms. The van der Waals surface area contributed by atoms with E-state index >= 15 is 0 Å². The summed E-state index contributed by atoms with van der Waals surface area (Å²) in [6, 6.07) is 0. The zero-order chi connectivity index (χ0) is 10.6. The van der Waals surface area contributed by atoms with Crippen LogP contribution >= 0.6 is 15.9 Å². The van der Waals surface area contributed by atoms with Gasteiger partial charge in [-0.25, -0.2) is 0 Å². The van der Waals surface area contributed by atoms with E-state index in [-0.39, 0.29) is 0 Å². The van der Waals surface area contributed by atoms with Crippen molar-refractivity contribution in [1.29, 1.82) is 0 Å². The Labute approximate surface area is 93.3 Å². The Balaban J connectivity index is 2.47. The molecule has 3 nitrogen and oxygen atoms in total. The highest BCUT2D eigenvalue weighted by Crippen LogP contribution is 2.19. The topological polar surface area (TPSA) is 38.0 Å². The fraction of sp³-hybridized carbons (Fsp3) is 0.700. The first-order chi connectivity index (χ1) is 6.66. The van der Waals surface area contributed by atoms with Crippen LogP contribution in [-0.4, -0.2) is 21.5 Å². The SMILES string of the molecule is Cc1nn(CCCCCO)c(C)c1Br. The smallest absolute Gasteiger partial charge is 0.0738 e. The predicted molar refractivity (Wildman–Crippen MR) is 60.3 cm³/mol. The van der Waals surface area contributed by atoms with Gasteiger partial charge in [0.2, 0.25) is 0 Å². The monoisotopic (exact) mass is 260 g/mol. The molecule has 1 aromatic rings. The molecule has 0 aliphatic heterocycles. The van der Waals surface area contributed by atoms with E-state index in [0.29, 0.717) is 6.61 Å². The van der Waals surface area contributed by atoms with Gasteiger partial charge in [0.1, 0.15) is 0 Å². The van der Waals surface area contributed by atoms with E-state index in [9.17, 15) is 0 Å². The van der Waals surface area contributed by atoms with E-state index in [1.54, 1.807) is 0 Å². The number of nitrogens with zero attached hydrogens (tertiary/aromatic N) is 2. The zero-order valence-corrected chi connectivity index (χ0v) is 10.3. The van der Waals surface area contributed by atoms with Crippen LogP contribution in [0.25, 0.3) is 0 Å². The predicted octanol–water partition coefficient (Wildman–Crippen LogP) is 2.43. The highest BCUT2D eigenvalue weighted by atomic mass is 79.9. The maximum atomic E-state index is 8.64. The standard InChI is InChI=1S/C10H17BrN2O/c1-8-10(11)9(2)13(12-8)6-4-3-5-7-14/h14H,3-7H2,1-2H3. The van der Waals surface area contributed by atoms with E-state index in [4.69, 9.17) is 5.11 Å². The van der Waals surface area contributed by atoms with Gasteiger partial charge in [-0.05, 0) is 49.0 Å². The van der Waals surface area contributed by atoms with Gasteiger partial charge in [-0.15, -0.1) is 0 Å². The van der Waals surface area contributed by atoms with Gasteiger partial charge in [-0.2, -0.15) is 5.10 Å². The highest BCUT2D eigenvalue weighted by Gasteiger charge is 2.07. The molecule has 0 atom stereocenters. The van der Waals surface area contributed by atoms with Crippen LogP contribution in [0.2, 0.25) is 0 Å². The van der Waals surface area contributed by atoms with Crippen molar-refractivity contribution in [2.24, 2.45) is 0 Å². The lowest BCUT2D eigenvalue weighted by atomic mass is 10.2. The second-order valence-corrected chi connectivity index (χ2v) is 4.29. The van der Waals surface area contributed by atoms with E-state index in [2.05, 4.69) is 28.0 Å². The number of hydrogen-bond donors (Lipinski definition) is 1. The van der Waals surface area contributed by atoms with Crippen molar-refractivity contribution in [3.63, 3.8) is 0 Å². The summed E-state index contributed by atoms with van der Waals surface area (Å²) in [5.41, 5.74) is 2.23. The van der Waals surface area contributed by atoms with Crippen molar-refractivity contribution < 1.29 is 5.11 Å². The zero-order valence-electron chi connectivity index (χ0n) is 8.76. The molecule has 0 aromatic carbocycles. The molecule has 0 saturated carbocycles. The quantitative estimate of drug-likeness (QED) is 0.826. The first kappa shape index (κ1) is 11.7. The molecule has 0 unspecified atom stereocenters. The first-order valence-corrected chi connectivity index (χ1v) is 5.76. The first-order valence-electron chi connectivity index (χ1n) is 4.97. The van der Waals surface area contributed by atoms with Crippen molar-refractivity contribution in [1.82, 2.24) is 9.78 Å². The molecule has 1 aromatic heterocycles. The maximum Gasteiger partial charge on any atom is 0.0738 e. The third-order valence-electron chi connectivity index (χ3n) is 2.32. The Bertz CT molecular complexity index is 297. The molecule has 0 fully saturated rings. The molecule has 0 spiro atoms. The number of rotatable bonds is 5. The van der Waals surface area contributed by atoms with E-state index < -0.39 is 0 Å². The van der Waals surface area contributed by atoms with Crippen LogP contribution in [0.1, 0.15) is 30.7 Å². The number of aliphatic hydroxyl groups excluding tert-OH is 1. The van der Waals surface area contributed by atoms with Crippen LogP contribution in [0.5, 0.6) is 0 Å². The maximum absolute atomic E-state index is 8.64. The largest absolute Gasteiger partial charge is 0.396 e. The second kappa shape index (κ2) is 5.51. The molecule has 0 aliphatic carbocycles. The van der Waals surface area contributed by atoms with Crippen LogP contribution in [0.15, 0.2) is 4.47 Å². The summed E-state index contributed by atoms with van der Waals surface area (Å²) >= 11 is 3.50. The molecule has 1 heterocycles. The number of hydrogen-bond acceptors (Lipinski definition) is 2. The van der Waals surface area contributed by atoms with E-state index in [0.717, 1.165) is 36.0 Å². The molecule has 80 valence electrons. The van der Waals surface area contributed by atoms with Crippen molar-refractivity contribution in [2.75, 3.05) is 6.61 Å². The van der Waals surface area contributed by atoms with Crippen molar-refractivity contribution in [3.8, 4) is 0 Å². The summed E-state index contributed by atoms with van der Waals surface area (Å²) < 4.78 is 3.14. The van der Waals surface area contributed by atoms with E-state index in [1.807, 2.05) is 11.6 Å². The van der Waals surface area contributed by atoms with E-state index in [1.165, 1.54) is 5.69 Å². The Hall–Kier alpha value is -0.350. The summed E-state index contributed by atoms with van der Waals surface area (Å²) in [5, 5.41) is 13.1. The van der Waals surface area contributed by atoms with Crippen LogP contribution in [0.3, 0.4) is 0 Å². The molecule has 1 N–H and O–H groups in total. The number of aliphatic hydroxyl groups is 1. The normalized spacial score (nSPS) is 10.9. The average molecular weight is 261 g/mol. The van der Waals surface area contributed by atoms with Gasteiger partial charge in [-0.3, -0.25) is 4.68 Å². The van der Waals surface area contributed by atoms with Crippen molar-refractivity contribution >= 4 is 15.9 Å². The van der Waals surface area contributed by atoms with Gasteiger partial charge in [0.05, 0.1) is 10.2 Å². The minimum absolute atomic E-state index is 0.292. The second-order valence-electron chi connectivity index (χ2n) is 3.49. The Morgan fingerprint density at radius 2 is 2.00 bits per heavy atom. The Morgan fingerprint density at radius 3 is 2.50 bits per heavy atom. The lowest BCUT2D eigenvalue weighted by Crippen LogP contribution is -2.02. The molecular weight excluding hydrogens is 244 g/mol. The third kappa shape index (κ3) is 2.82. The van der Waals surface area contributed by atoms with Gasteiger partial charge >= 0.3 is 0 Å². The highest BCUT2D eigenvalue weighted by molar-refractivity contribution is 9.10. The lowest BCUT2D eigenvalue weighted by Gasteiger charge is -2.03. The molecular formula is C10H17BrN2O. The van der Waals surface area contributed by atoms with Crippen LogP contribution in [0, 0.1) is 13.8 Å². The summed E-state index contributed by atoms with van der Waals surface area (Å²) in [6.45, 7) is 5.30. The number of aromatic nitrogens is 2. The summed E-state index contributed by atoms with van der Waals surface area (Å²) in [5.74, 6) is 0. The minimum Gasteiger partial charge on any atom is -0.396 e. The fourth-order valence-electron chi connectivity index (χ4n) is 1.44. The Kier molecular flexibility index (Phi) is 4.62.